The molecule has 29 heavy (non-hydrogen) atoms. The monoisotopic (exact) mass is 417 g/mol. The van der Waals surface area contributed by atoms with E-state index in [9.17, 15) is 9.59 Å². The van der Waals surface area contributed by atoms with Crippen molar-refractivity contribution < 1.29 is 4.74 Å². The minimum Gasteiger partial charge on any atom is -0.373 e. The van der Waals surface area contributed by atoms with Crippen LogP contribution in [0.25, 0.3) is 11.2 Å². The number of rotatable bonds is 4. The lowest BCUT2D eigenvalue weighted by atomic mass is 10.2. The number of hydrogen-bond donors (Lipinski definition) is 1. The van der Waals surface area contributed by atoms with E-state index < -0.39 is 11.2 Å². The average Bonchev–Trinajstić information content (AvgIpc) is 2.98. The third-order valence-electron chi connectivity index (χ3n) is 5.18. The number of aromatic nitrogens is 4. The highest BCUT2D eigenvalue weighted by Crippen LogP contribution is 2.19. The zero-order chi connectivity index (χ0) is 20.7. The van der Waals surface area contributed by atoms with Crippen molar-refractivity contribution in [1.82, 2.24) is 24.0 Å². The maximum Gasteiger partial charge on any atom is 0.329 e. The van der Waals surface area contributed by atoms with Gasteiger partial charge in [-0.2, -0.15) is 0 Å². The van der Waals surface area contributed by atoms with E-state index in [1.165, 1.54) is 4.57 Å². The standard InChI is InChI=1S/C20H24ClN5O3/c1-12-8-25(9-13(2)29-12)11-16-22-18-17(19(27)23-20(28)24(18)3)26(16)10-14-5-4-6-15(21)7-14/h4-7,12-13H,8-11H2,1-3H3,(H,23,27,28)/t12-,13+. The Balaban J connectivity index is 1.81. The molecule has 0 unspecified atom stereocenters. The average molecular weight is 418 g/mol. The second-order valence-electron chi connectivity index (χ2n) is 7.69. The molecule has 0 aliphatic carbocycles. The zero-order valence-electron chi connectivity index (χ0n) is 16.7. The van der Waals surface area contributed by atoms with Gasteiger partial charge < -0.3 is 9.30 Å². The molecule has 1 N–H and O–H groups in total. The van der Waals surface area contributed by atoms with E-state index in [4.69, 9.17) is 16.3 Å². The van der Waals surface area contributed by atoms with Crippen molar-refractivity contribution in [1.29, 1.82) is 0 Å². The fraction of sp³-hybridized carbons (Fsp3) is 0.450. The Hall–Kier alpha value is -2.42. The first-order valence-electron chi connectivity index (χ1n) is 9.62. The molecule has 0 spiro atoms. The van der Waals surface area contributed by atoms with Gasteiger partial charge in [0.15, 0.2) is 11.2 Å². The van der Waals surface area contributed by atoms with Gasteiger partial charge in [0.05, 0.1) is 18.8 Å². The highest BCUT2D eigenvalue weighted by Gasteiger charge is 2.25. The number of fused-ring (bicyclic) bond motifs is 1. The number of hydrogen-bond acceptors (Lipinski definition) is 5. The number of nitrogens with zero attached hydrogens (tertiary/aromatic N) is 4. The molecule has 0 bridgehead atoms. The Morgan fingerprint density at radius 3 is 2.62 bits per heavy atom. The van der Waals surface area contributed by atoms with E-state index in [2.05, 4.69) is 14.9 Å². The fourth-order valence-electron chi connectivity index (χ4n) is 4.00. The van der Waals surface area contributed by atoms with Crippen LogP contribution >= 0.6 is 11.6 Å². The lowest BCUT2D eigenvalue weighted by molar-refractivity contribution is -0.0712. The van der Waals surface area contributed by atoms with E-state index in [0.717, 1.165) is 24.5 Å². The minimum atomic E-state index is -0.477. The van der Waals surface area contributed by atoms with E-state index in [0.29, 0.717) is 29.3 Å². The number of benzene rings is 1. The molecule has 9 heteroatoms. The predicted molar refractivity (Wildman–Crippen MR) is 111 cm³/mol. The quantitative estimate of drug-likeness (QED) is 0.698. The number of imidazole rings is 1. The minimum absolute atomic E-state index is 0.122. The number of H-pyrrole nitrogens is 1. The van der Waals surface area contributed by atoms with E-state index in [1.807, 2.05) is 42.7 Å². The molecule has 3 aromatic rings. The second kappa shape index (κ2) is 7.78. The van der Waals surface area contributed by atoms with Gasteiger partial charge in [0, 0.05) is 31.7 Å². The van der Waals surface area contributed by atoms with Crippen LogP contribution in [0, 0.1) is 0 Å². The number of nitrogens with one attached hydrogen (secondary N) is 1. The summed E-state index contributed by atoms with van der Waals surface area (Å²) in [6.45, 7) is 6.64. The van der Waals surface area contributed by atoms with Crippen molar-refractivity contribution in [2.24, 2.45) is 7.05 Å². The Bertz CT molecular complexity index is 1160. The Morgan fingerprint density at radius 2 is 1.93 bits per heavy atom. The Morgan fingerprint density at radius 1 is 1.21 bits per heavy atom. The van der Waals surface area contributed by atoms with Gasteiger partial charge in [-0.15, -0.1) is 0 Å². The van der Waals surface area contributed by atoms with E-state index >= 15 is 0 Å². The number of morpholine rings is 1. The Kier molecular flexibility index (Phi) is 5.33. The Labute approximate surface area is 172 Å². The summed E-state index contributed by atoms with van der Waals surface area (Å²) in [5.41, 5.74) is 0.805. The van der Waals surface area contributed by atoms with Crippen LogP contribution in [0.3, 0.4) is 0 Å². The second-order valence-corrected chi connectivity index (χ2v) is 8.12. The van der Waals surface area contributed by atoms with Crippen LogP contribution in [0.5, 0.6) is 0 Å². The van der Waals surface area contributed by atoms with Gasteiger partial charge >= 0.3 is 5.69 Å². The summed E-state index contributed by atoms with van der Waals surface area (Å²) < 4.78 is 9.08. The van der Waals surface area contributed by atoms with Gasteiger partial charge in [0.25, 0.3) is 5.56 Å². The van der Waals surface area contributed by atoms with Crippen LogP contribution in [-0.4, -0.2) is 49.3 Å². The van der Waals surface area contributed by atoms with Crippen molar-refractivity contribution in [3.05, 3.63) is 61.5 Å². The van der Waals surface area contributed by atoms with Crippen LogP contribution in [-0.2, 0) is 24.9 Å². The van der Waals surface area contributed by atoms with Gasteiger partial charge in [0.2, 0.25) is 0 Å². The van der Waals surface area contributed by atoms with Gasteiger partial charge in [-0.3, -0.25) is 19.2 Å². The number of aromatic amines is 1. The molecule has 3 heterocycles. The maximum atomic E-state index is 12.7. The molecule has 1 aliphatic heterocycles. The molecule has 1 aliphatic rings. The molecular formula is C20H24ClN5O3. The molecule has 1 saturated heterocycles. The summed E-state index contributed by atoms with van der Waals surface area (Å²) in [7, 11) is 1.61. The van der Waals surface area contributed by atoms with Gasteiger partial charge in [0.1, 0.15) is 5.82 Å². The van der Waals surface area contributed by atoms with Crippen molar-refractivity contribution in [2.75, 3.05) is 13.1 Å². The molecule has 8 nitrogen and oxygen atoms in total. The number of aryl methyl sites for hydroxylation is 1. The van der Waals surface area contributed by atoms with Crippen LogP contribution in [0.2, 0.25) is 5.02 Å². The van der Waals surface area contributed by atoms with Crippen molar-refractivity contribution in [2.45, 2.75) is 39.1 Å². The maximum absolute atomic E-state index is 12.7. The molecule has 2 atom stereocenters. The highest BCUT2D eigenvalue weighted by atomic mass is 35.5. The molecular weight excluding hydrogens is 394 g/mol. The first-order chi connectivity index (χ1) is 13.8. The summed E-state index contributed by atoms with van der Waals surface area (Å²) >= 11 is 6.15. The lowest BCUT2D eigenvalue weighted by Gasteiger charge is -2.35. The summed E-state index contributed by atoms with van der Waals surface area (Å²) in [4.78, 5) is 34.1. The van der Waals surface area contributed by atoms with Crippen LogP contribution in [0.15, 0.2) is 33.9 Å². The molecule has 154 valence electrons. The third kappa shape index (κ3) is 4.01. The normalized spacial score (nSPS) is 20.4. The first kappa shape index (κ1) is 19.9. The molecule has 0 saturated carbocycles. The lowest BCUT2D eigenvalue weighted by Crippen LogP contribution is -2.45. The van der Waals surface area contributed by atoms with Crippen LogP contribution < -0.4 is 11.2 Å². The molecule has 0 amide bonds. The van der Waals surface area contributed by atoms with Crippen LogP contribution in [0.4, 0.5) is 0 Å². The summed E-state index contributed by atoms with van der Waals surface area (Å²) in [6.07, 6.45) is 0.245. The van der Waals surface area contributed by atoms with Gasteiger partial charge in [-0.25, -0.2) is 9.78 Å². The highest BCUT2D eigenvalue weighted by molar-refractivity contribution is 6.30. The number of halogens is 1. The number of ether oxygens (including phenoxy) is 1. The first-order valence-corrected chi connectivity index (χ1v) is 10.0. The summed E-state index contributed by atoms with van der Waals surface area (Å²) in [5, 5.41) is 0.630. The van der Waals surface area contributed by atoms with Gasteiger partial charge in [-0.1, -0.05) is 23.7 Å². The topological polar surface area (TPSA) is 85.2 Å². The smallest absolute Gasteiger partial charge is 0.329 e. The van der Waals surface area contributed by atoms with Crippen molar-refractivity contribution in [3.63, 3.8) is 0 Å². The zero-order valence-corrected chi connectivity index (χ0v) is 17.4. The van der Waals surface area contributed by atoms with Crippen molar-refractivity contribution in [3.8, 4) is 0 Å². The summed E-state index contributed by atoms with van der Waals surface area (Å²) in [6, 6.07) is 7.51. The van der Waals surface area contributed by atoms with E-state index in [1.54, 1.807) is 7.05 Å². The predicted octanol–water partition coefficient (Wildman–Crippen LogP) is 1.73. The SMILES string of the molecule is C[C@@H]1CN(Cc2nc3c(c(=O)[nH]c(=O)n3C)n2Cc2cccc(Cl)c2)C[C@H](C)O1. The third-order valence-corrected chi connectivity index (χ3v) is 5.41. The van der Waals surface area contributed by atoms with Gasteiger partial charge in [-0.05, 0) is 31.5 Å². The fourth-order valence-corrected chi connectivity index (χ4v) is 4.21. The summed E-state index contributed by atoms with van der Waals surface area (Å²) in [5.74, 6) is 0.730. The molecule has 1 fully saturated rings. The molecule has 4 rings (SSSR count). The van der Waals surface area contributed by atoms with Crippen LogP contribution in [0.1, 0.15) is 25.2 Å². The van der Waals surface area contributed by atoms with Crippen molar-refractivity contribution >= 4 is 22.8 Å². The largest absolute Gasteiger partial charge is 0.373 e. The molecule has 1 aromatic carbocycles. The molecule has 0 radical (unpaired) electrons. The molecule has 2 aromatic heterocycles. The van der Waals surface area contributed by atoms with E-state index in [-0.39, 0.29) is 12.2 Å².